The average Bonchev–Trinajstić information content (AvgIpc) is 2.54. The highest BCUT2D eigenvalue weighted by molar-refractivity contribution is 5.94. The average molecular weight is 313 g/mol. The summed E-state index contributed by atoms with van der Waals surface area (Å²) in [7, 11) is 1.51. The second-order valence-corrected chi connectivity index (χ2v) is 4.89. The lowest BCUT2D eigenvalue weighted by atomic mass is 10.2. The summed E-state index contributed by atoms with van der Waals surface area (Å²) in [5.41, 5.74) is 2.07. The van der Waals surface area contributed by atoms with E-state index in [-0.39, 0.29) is 11.9 Å². The van der Waals surface area contributed by atoms with E-state index in [0.29, 0.717) is 23.7 Å². The van der Waals surface area contributed by atoms with Crippen LogP contribution in [0, 0.1) is 0 Å². The highest BCUT2D eigenvalue weighted by Gasteiger charge is 2.08. The molecule has 0 saturated heterocycles. The van der Waals surface area contributed by atoms with Crippen molar-refractivity contribution in [3.63, 3.8) is 0 Å². The summed E-state index contributed by atoms with van der Waals surface area (Å²) in [5.74, 6) is 0.310. The van der Waals surface area contributed by atoms with E-state index < -0.39 is 0 Å². The van der Waals surface area contributed by atoms with Crippen LogP contribution in [-0.4, -0.2) is 19.0 Å². The second kappa shape index (κ2) is 7.84. The standard InChI is InChI=1S/C17H19N3O3/c1-12(21)19-15-10-14(8-9-16(15)23-2)20-17(22)18-11-13-6-4-3-5-7-13/h3-10H,11H2,1-2H3,(H,19,21)(H2,18,20,22). The van der Waals surface area contributed by atoms with Gasteiger partial charge in [0.05, 0.1) is 12.8 Å². The van der Waals surface area contributed by atoms with Gasteiger partial charge >= 0.3 is 6.03 Å². The van der Waals surface area contributed by atoms with Crippen LogP contribution in [0.5, 0.6) is 5.75 Å². The van der Waals surface area contributed by atoms with Crippen LogP contribution in [0.4, 0.5) is 16.2 Å². The quantitative estimate of drug-likeness (QED) is 0.794. The zero-order valence-corrected chi connectivity index (χ0v) is 13.1. The Labute approximate surface area is 134 Å². The Kier molecular flexibility index (Phi) is 5.57. The Balaban J connectivity index is 1.98. The Morgan fingerprint density at radius 1 is 1.04 bits per heavy atom. The van der Waals surface area contributed by atoms with Crippen LogP contribution in [0.2, 0.25) is 0 Å². The molecule has 3 N–H and O–H groups in total. The van der Waals surface area contributed by atoms with Gasteiger partial charge in [0.25, 0.3) is 0 Å². The SMILES string of the molecule is COc1ccc(NC(=O)NCc2ccccc2)cc1NC(C)=O. The van der Waals surface area contributed by atoms with E-state index in [0.717, 1.165) is 5.56 Å². The summed E-state index contributed by atoms with van der Waals surface area (Å²) in [6, 6.07) is 14.3. The van der Waals surface area contributed by atoms with E-state index in [2.05, 4.69) is 16.0 Å². The van der Waals surface area contributed by atoms with Crippen LogP contribution in [0.25, 0.3) is 0 Å². The molecule has 120 valence electrons. The number of hydrogen-bond donors (Lipinski definition) is 3. The third-order valence-electron chi connectivity index (χ3n) is 3.06. The van der Waals surface area contributed by atoms with Gasteiger partial charge in [0.15, 0.2) is 0 Å². The molecular weight excluding hydrogens is 294 g/mol. The van der Waals surface area contributed by atoms with Crippen molar-refractivity contribution >= 4 is 23.3 Å². The molecule has 2 aromatic carbocycles. The molecule has 6 heteroatoms. The van der Waals surface area contributed by atoms with Crippen molar-refractivity contribution < 1.29 is 14.3 Å². The minimum Gasteiger partial charge on any atom is -0.495 e. The van der Waals surface area contributed by atoms with Crippen molar-refractivity contribution in [2.24, 2.45) is 0 Å². The molecule has 0 saturated carbocycles. The molecule has 0 aliphatic carbocycles. The summed E-state index contributed by atoms with van der Waals surface area (Å²) < 4.78 is 5.17. The normalized spacial score (nSPS) is 9.83. The van der Waals surface area contributed by atoms with Gasteiger partial charge in [-0.2, -0.15) is 0 Å². The number of anilines is 2. The van der Waals surface area contributed by atoms with E-state index in [9.17, 15) is 9.59 Å². The third-order valence-corrected chi connectivity index (χ3v) is 3.06. The molecule has 3 amide bonds. The van der Waals surface area contributed by atoms with Crippen LogP contribution in [0.15, 0.2) is 48.5 Å². The van der Waals surface area contributed by atoms with Crippen molar-refractivity contribution in [2.75, 3.05) is 17.7 Å². The largest absolute Gasteiger partial charge is 0.495 e. The second-order valence-electron chi connectivity index (χ2n) is 4.89. The van der Waals surface area contributed by atoms with Gasteiger partial charge in [-0.15, -0.1) is 0 Å². The van der Waals surface area contributed by atoms with E-state index in [1.54, 1.807) is 18.2 Å². The molecule has 0 bridgehead atoms. The molecule has 2 rings (SSSR count). The van der Waals surface area contributed by atoms with Crippen LogP contribution in [0.3, 0.4) is 0 Å². The number of nitrogens with one attached hydrogen (secondary N) is 3. The predicted molar refractivity (Wildman–Crippen MR) is 89.6 cm³/mol. The van der Waals surface area contributed by atoms with Gasteiger partial charge in [0.1, 0.15) is 5.75 Å². The molecule has 23 heavy (non-hydrogen) atoms. The van der Waals surface area contributed by atoms with Gasteiger partial charge in [-0.3, -0.25) is 4.79 Å². The van der Waals surface area contributed by atoms with Crippen LogP contribution in [0.1, 0.15) is 12.5 Å². The fourth-order valence-corrected chi connectivity index (χ4v) is 2.03. The van der Waals surface area contributed by atoms with E-state index in [1.165, 1.54) is 14.0 Å². The molecule has 0 aliphatic heterocycles. The Hall–Kier alpha value is -3.02. The number of ether oxygens (including phenoxy) is 1. The fraction of sp³-hybridized carbons (Fsp3) is 0.176. The maximum atomic E-state index is 11.9. The number of rotatable bonds is 5. The molecule has 0 radical (unpaired) electrons. The van der Waals surface area contributed by atoms with Gasteiger partial charge in [-0.1, -0.05) is 30.3 Å². The maximum absolute atomic E-state index is 11.9. The fourth-order valence-electron chi connectivity index (χ4n) is 2.03. The van der Waals surface area contributed by atoms with Crippen molar-refractivity contribution in [1.82, 2.24) is 5.32 Å². The molecule has 0 aliphatic rings. The molecular formula is C17H19N3O3. The molecule has 0 unspecified atom stereocenters. The first-order valence-corrected chi connectivity index (χ1v) is 7.13. The van der Waals surface area contributed by atoms with Crippen LogP contribution >= 0.6 is 0 Å². The zero-order chi connectivity index (χ0) is 16.7. The Morgan fingerprint density at radius 3 is 2.43 bits per heavy atom. The highest BCUT2D eigenvalue weighted by atomic mass is 16.5. The lowest BCUT2D eigenvalue weighted by Crippen LogP contribution is -2.28. The molecule has 6 nitrogen and oxygen atoms in total. The first-order chi connectivity index (χ1) is 11.1. The topological polar surface area (TPSA) is 79.5 Å². The first kappa shape index (κ1) is 16.4. The van der Waals surface area contributed by atoms with Gasteiger partial charge in [0, 0.05) is 19.2 Å². The minimum atomic E-state index is -0.326. The van der Waals surface area contributed by atoms with Crippen LogP contribution < -0.4 is 20.7 Å². The third kappa shape index (κ3) is 5.03. The summed E-state index contributed by atoms with van der Waals surface area (Å²) in [5, 5.41) is 8.15. The summed E-state index contributed by atoms with van der Waals surface area (Å²) in [4.78, 5) is 23.1. The van der Waals surface area contributed by atoms with E-state index in [1.807, 2.05) is 30.3 Å². The minimum absolute atomic E-state index is 0.214. The lowest BCUT2D eigenvalue weighted by Gasteiger charge is -2.12. The molecule has 0 aromatic heterocycles. The number of carbonyl (C=O) groups excluding carboxylic acids is 2. The maximum Gasteiger partial charge on any atom is 0.319 e. The molecule has 0 fully saturated rings. The lowest BCUT2D eigenvalue weighted by molar-refractivity contribution is -0.114. The first-order valence-electron chi connectivity index (χ1n) is 7.13. The van der Waals surface area contributed by atoms with E-state index >= 15 is 0 Å². The molecule has 2 aromatic rings. The Morgan fingerprint density at radius 2 is 1.78 bits per heavy atom. The molecule has 0 atom stereocenters. The molecule has 0 spiro atoms. The van der Waals surface area contributed by atoms with Crippen LogP contribution in [-0.2, 0) is 11.3 Å². The number of hydrogen-bond acceptors (Lipinski definition) is 3. The summed E-state index contributed by atoms with van der Waals surface area (Å²) in [6.45, 7) is 1.84. The van der Waals surface area contributed by atoms with Crippen molar-refractivity contribution in [2.45, 2.75) is 13.5 Å². The number of benzene rings is 2. The molecule has 0 heterocycles. The smallest absolute Gasteiger partial charge is 0.319 e. The summed E-state index contributed by atoms with van der Waals surface area (Å²) in [6.07, 6.45) is 0. The van der Waals surface area contributed by atoms with E-state index in [4.69, 9.17) is 4.74 Å². The van der Waals surface area contributed by atoms with Gasteiger partial charge in [-0.05, 0) is 23.8 Å². The monoisotopic (exact) mass is 313 g/mol. The van der Waals surface area contributed by atoms with Crippen molar-refractivity contribution in [1.29, 1.82) is 0 Å². The van der Waals surface area contributed by atoms with Crippen molar-refractivity contribution in [3.05, 3.63) is 54.1 Å². The zero-order valence-electron chi connectivity index (χ0n) is 13.1. The Bertz CT molecular complexity index is 687. The highest BCUT2D eigenvalue weighted by Crippen LogP contribution is 2.27. The number of urea groups is 1. The van der Waals surface area contributed by atoms with Gasteiger partial charge in [0.2, 0.25) is 5.91 Å². The van der Waals surface area contributed by atoms with Crippen molar-refractivity contribution in [3.8, 4) is 5.75 Å². The number of methoxy groups -OCH3 is 1. The summed E-state index contributed by atoms with van der Waals surface area (Å²) >= 11 is 0. The van der Waals surface area contributed by atoms with Gasteiger partial charge < -0.3 is 20.7 Å². The van der Waals surface area contributed by atoms with Gasteiger partial charge in [-0.25, -0.2) is 4.79 Å². The number of amides is 3. The predicted octanol–water partition coefficient (Wildman–Crippen LogP) is 2.98. The number of carbonyl (C=O) groups is 2.